The predicted molar refractivity (Wildman–Crippen MR) is 111 cm³/mol. The first-order valence-corrected chi connectivity index (χ1v) is 8.81. The van der Waals surface area contributed by atoms with Gasteiger partial charge in [-0.05, 0) is 12.1 Å². The number of nitrogens with two attached hydrogens (primary N) is 1. The highest BCUT2D eigenvalue weighted by Gasteiger charge is 2.12. The van der Waals surface area contributed by atoms with Crippen LogP contribution in [0.4, 0.5) is 0 Å². The van der Waals surface area contributed by atoms with E-state index in [1.54, 1.807) is 11.3 Å². The Kier molecular flexibility index (Phi) is 7.73. The summed E-state index contributed by atoms with van der Waals surface area (Å²) in [5.41, 5.74) is 8.14. The van der Waals surface area contributed by atoms with E-state index in [0.717, 1.165) is 40.8 Å². The molecule has 1 fully saturated rings. The van der Waals surface area contributed by atoms with Crippen molar-refractivity contribution >= 4 is 52.9 Å². The van der Waals surface area contributed by atoms with E-state index in [1.807, 2.05) is 24.3 Å². The number of hydrogen-bond acceptors (Lipinski definition) is 4. The normalized spacial score (nSPS) is 15.2. The Hall–Kier alpha value is -0.900. The fraction of sp³-hybridized carbons (Fsp3) is 0.375. The number of thiazole rings is 1. The van der Waals surface area contributed by atoms with Gasteiger partial charge in [0, 0.05) is 42.0 Å². The highest BCUT2D eigenvalue weighted by Crippen LogP contribution is 2.25. The van der Waals surface area contributed by atoms with Crippen LogP contribution in [-0.2, 0) is 11.2 Å². The van der Waals surface area contributed by atoms with Gasteiger partial charge in [0.25, 0.3) is 0 Å². The van der Waals surface area contributed by atoms with Crippen molar-refractivity contribution in [2.24, 2.45) is 10.7 Å². The van der Waals surface area contributed by atoms with Crippen LogP contribution < -0.4 is 5.73 Å². The molecule has 0 amide bonds. The average molecular weight is 479 g/mol. The molecule has 2 N–H and O–H groups in total. The van der Waals surface area contributed by atoms with E-state index < -0.39 is 0 Å². The largest absolute Gasteiger partial charge is 0.378 e. The summed E-state index contributed by atoms with van der Waals surface area (Å²) in [7, 11) is 0. The molecule has 1 aliphatic heterocycles. The lowest BCUT2D eigenvalue weighted by atomic mass is 10.2. The Labute approximate surface area is 167 Å². The highest BCUT2D eigenvalue weighted by atomic mass is 127. The molecule has 0 bridgehead atoms. The zero-order chi connectivity index (χ0) is 16.1. The average Bonchev–Trinajstić information content (AvgIpc) is 3.05. The Morgan fingerprint density at radius 2 is 2.00 bits per heavy atom. The molecular weight excluding hydrogens is 459 g/mol. The van der Waals surface area contributed by atoms with Gasteiger partial charge in [-0.25, -0.2) is 4.98 Å². The number of halogens is 2. The van der Waals surface area contributed by atoms with Gasteiger partial charge < -0.3 is 15.4 Å². The van der Waals surface area contributed by atoms with Crippen LogP contribution in [0.25, 0.3) is 10.6 Å². The van der Waals surface area contributed by atoms with E-state index >= 15 is 0 Å². The molecule has 8 heteroatoms. The number of nitrogens with zero attached hydrogens (tertiary/aromatic N) is 3. The summed E-state index contributed by atoms with van der Waals surface area (Å²) < 4.78 is 5.31. The molecule has 0 spiro atoms. The van der Waals surface area contributed by atoms with E-state index in [9.17, 15) is 0 Å². The number of aliphatic imine (C=N–C) groups is 1. The van der Waals surface area contributed by atoms with Crippen LogP contribution >= 0.6 is 46.9 Å². The van der Waals surface area contributed by atoms with Gasteiger partial charge >= 0.3 is 0 Å². The van der Waals surface area contributed by atoms with Crippen molar-refractivity contribution < 1.29 is 4.74 Å². The summed E-state index contributed by atoms with van der Waals surface area (Å²) >= 11 is 7.55. The smallest absolute Gasteiger partial charge is 0.191 e. The lowest BCUT2D eigenvalue weighted by molar-refractivity contribution is 0.0674. The first-order chi connectivity index (χ1) is 11.2. The minimum absolute atomic E-state index is 0. The molecule has 0 saturated carbocycles. The van der Waals surface area contributed by atoms with Gasteiger partial charge in [0.15, 0.2) is 5.96 Å². The zero-order valence-electron chi connectivity index (χ0n) is 13.2. The molecule has 1 aliphatic rings. The first kappa shape index (κ1) is 19.4. The van der Waals surface area contributed by atoms with Gasteiger partial charge in [0.1, 0.15) is 5.01 Å². The Morgan fingerprint density at radius 1 is 1.29 bits per heavy atom. The van der Waals surface area contributed by atoms with Crippen LogP contribution in [-0.4, -0.2) is 48.7 Å². The van der Waals surface area contributed by atoms with Gasteiger partial charge in [-0.1, -0.05) is 23.7 Å². The van der Waals surface area contributed by atoms with Gasteiger partial charge in [-0.2, -0.15) is 0 Å². The minimum Gasteiger partial charge on any atom is -0.378 e. The number of morpholine rings is 1. The number of ether oxygens (including phenoxy) is 1. The number of rotatable bonds is 4. The van der Waals surface area contributed by atoms with Crippen LogP contribution in [0.15, 0.2) is 34.6 Å². The van der Waals surface area contributed by atoms with E-state index in [-0.39, 0.29) is 24.0 Å². The van der Waals surface area contributed by atoms with E-state index in [2.05, 4.69) is 20.3 Å². The van der Waals surface area contributed by atoms with Crippen molar-refractivity contribution in [3.63, 3.8) is 0 Å². The third-order valence-electron chi connectivity index (χ3n) is 3.62. The van der Waals surface area contributed by atoms with Gasteiger partial charge in [0.2, 0.25) is 0 Å². The number of guanidine groups is 1. The lowest BCUT2D eigenvalue weighted by Gasteiger charge is -2.27. The number of aromatic nitrogens is 1. The summed E-state index contributed by atoms with van der Waals surface area (Å²) in [6.45, 7) is 3.70. The van der Waals surface area contributed by atoms with Crippen LogP contribution in [0.2, 0.25) is 5.02 Å². The molecule has 1 saturated heterocycles. The second kappa shape index (κ2) is 9.55. The van der Waals surface area contributed by atoms with E-state index in [1.165, 1.54) is 0 Å². The van der Waals surface area contributed by atoms with E-state index in [0.29, 0.717) is 25.7 Å². The summed E-state index contributed by atoms with van der Waals surface area (Å²) in [4.78, 5) is 11.2. The summed E-state index contributed by atoms with van der Waals surface area (Å²) in [5.74, 6) is 0.599. The maximum atomic E-state index is 6.01. The number of hydrogen-bond donors (Lipinski definition) is 1. The van der Waals surface area contributed by atoms with Crippen molar-refractivity contribution in [2.75, 3.05) is 32.8 Å². The fourth-order valence-electron chi connectivity index (χ4n) is 2.32. The maximum Gasteiger partial charge on any atom is 0.191 e. The molecule has 0 unspecified atom stereocenters. The first-order valence-electron chi connectivity index (χ1n) is 7.55. The molecule has 0 atom stereocenters. The van der Waals surface area contributed by atoms with E-state index in [4.69, 9.17) is 22.1 Å². The van der Waals surface area contributed by atoms with Crippen LogP contribution in [0.3, 0.4) is 0 Å². The SMILES string of the molecule is I.NC(=NCCc1csc(-c2ccc(Cl)cc2)n1)N1CCOCC1. The van der Waals surface area contributed by atoms with Gasteiger partial charge in [-0.15, -0.1) is 35.3 Å². The molecule has 2 aromatic rings. The summed E-state index contributed by atoms with van der Waals surface area (Å²) in [6.07, 6.45) is 0.787. The Balaban J connectivity index is 0.00000208. The molecule has 1 aromatic heterocycles. The number of benzene rings is 1. The molecule has 0 radical (unpaired) electrons. The molecule has 5 nitrogen and oxygen atoms in total. The zero-order valence-corrected chi connectivity index (χ0v) is 17.1. The molecular formula is C16H20ClIN4OS. The summed E-state index contributed by atoms with van der Waals surface area (Å²) in [5, 5.41) is 3.81. The molecule has 24 heavy (non-hydrogen) atoms. The topological polar surface area (TPSA) is 63.7 Å². The van der Waals surface area contributed by atoms with Crippen LogP contribution in [0.1, 0.15) is 5.69 Å². The second-order valence-electron chi connectivity index (χ2n) is 5.24. The third-order valence-corrected chi connectivity index (χ3v) is 4.81. The highest BCUT2D eigenvalue weighted by molar-refractivity contribution is 14.0. The van der Waals surface area contributed by atoms with Crippen molar-refractivity contribution in [3.05, 3.63) is 40.4 Å². The fourth-order valence-corrected chi connectivity index (χ4v) is 3.31. The van der Waals surface area contributed by atoms with Crippen molar-refractivity contribution in [3.8, 4) is 10.6 Å². The molecule has 130 valence electrons. The lowest BCUT2D eigenvalue weighted by Crippen LogP contribution is -2.44. The second-order valence-corrected chi connectivity index (χ2v) is 6.53. The monoisotopic (exact) mass is 478 g/mol. The van der Waals surface area contributed by atoms with Crippen molar-refractivity contribution in [1.29, 1.82) is 0 Å². The molecule has 3 rings (SSSR count). The standard InChI is InChI=1S/C16H19ClN4OS.HI/c17-13-3-1-12(2-4-13)15-20-14(11-23-15)5-6-19-16(18)21-7-9-22-10-8-21;/h1-4,11H,5-10H2,(H2,18,19);1H. The summed E-state index contributed by atoms with van der Waals surface area (Å²) in [6, 6.07) is 7.73. The maximum absolute atomic E-state index is 6.01. The predicted octanol–water partition coefficient (Wildman–Crippen LogP) is 3.27. The van der Waals surface area contributed by atoms with Crippen molar-refractivity contribution in [2.45, 2.75) is 6.42 Å². The van der Waals surface area contributed by atoms with Crippen molar-refractivity contribution in [1.82, 2.24) is 9.88 Å². The van der Waals surface area contributed by atoms with Crippen LogP contribution in [0, 0.1) is 0 Å². The van der Waals surface area contributed by atoms with Crippen LogP contribution in [0.5, 0.6) is 0 Å². The molecule has 2 heterocycles. The molecule has 1 aromatic carbocycles. The Bertz CT molecular complexity index is 671. The van der Waals surface area contributed by atoms with Gasteiger partial charge in [0.05, 0.1) is 18.9 Å². The third kappa shape index (κ3) is 5.30. The minimum atomic E-state index is 0. The quantitative estimate of drug-likeness (QED) is 0.416. The molecule has 0 aliphatic carbocycles. The van der Waals surface area contributed by atoms with Gasteiger partial charge in [-0.3, -0.25) is 4.99 Å². The Morgan fingerprint density at radius 3 is 2.71 bits per heavy atom.